The molecule has 0 aromatic heterocycles. The molecule has 10 heavy (non-hydrogen) atoms. The number of carboxylic acids is 1. The predicted octanol–water partition coefficient (Wildman–Crippen LogP) is 2.26. The fourth-order valence-electron chi connectivity index (χ4n) is 0.679. The molecule has 0 heterocycles. The van der Waals surface area contributed by atoms with E-state index < -0.39 is 5.97 Å². The highest BCUT2D eigenvalue weighted by Crippen LogP contribution is 2.10. The summed E-state index contributed by atoms with van der Waals surface area (Å²) in [6.07, 6.45) is 2.66. The lowest BCUT2D eigenvalue weighted by atomic mass is 10.1. The monoisotopic (exact) mass is 164 g/mol. The van der Waals surface area contributed by atoms with Crippen LogP contribution in [0.5, 0.6) is 0 Å². The van der Waals surface area contributed by atoms with Crippen molar-refractivity contribution in [1.82, 2.24) is 0 Å². The molecule has 0 spiro atoms. The van der Waals surface area contributed by atoms with E-state index in [1.807, 2.05) is 6.92 Å². The maximum Gasteiger partial charge on any atom is 0.303 e. The average molecular weight is 165 g/mol. The summed E-state index contributed by atoms with van der Waals surface area (Å²) in [5.74, 6) is -0.736. The third kappa shape index (κ3) is 5.89. The normalized spacial score (nSPS) is 13.0. The Morgan fingerprint density at radius 2 is 2.30 bits per heavy atom. The van der Waals surface area contributed by atoms with Crippen molar-refractivity contribution in [2.24, 2.45) is 0 Å². The molecule has 0 aromatic rings. The first-order valence-corrected chi connectivity index (χ1v) is 3.96. The molecular formula is C7H13ClO2. The smallest absolute Gasteiger partial charge is 0.303 e. The minimum absolute atomic E-state index is 0.152. The van der Waals surface area contributed by atoms with Gasteiger partial charge in [-0.2, -0.15) is 0 Å². The van der Waals surface area contributed by atoms with E-state index in [9.17, 15) is 4.79 Å². The van der Waals surface area contributed by atoms with E-state index in [0.29, 0.717) is 6.42 Å². The highest BCUT2D eigenvalue weighted by molar-refractivity contribution is 6.20. The van der Waals surface area contributed by atoms with Crippen LogP contribution in [0.2, 0.25) is 0 Å². The maximum absolute atomic E-state index is 10.0. The average Bonchev–Trinajstić information content (AvgIpc) is 1.87. The number of hydrogen-bond acceptors (Lipinski definition) is 1. The zero-order valence-electron chi connectivity index (χ0n) is 6.14. The van der Waals surface area contributed by atoms with Crippen LogP contribution in [0.25, 0.3) is 0 Å². The molecule has 0 aromatic carbocycles. The van der Waals surface area contributed by atoms with Gasteiger partial charge in [-0.05, 0) is 19.3 Å². The van der Waals surface area contributed by atoms with Gasteiger partial charge in [-0.15, -0.1) is 11.6 Å². The van der Waals surface area contributed by atoms with Crippen molar-refractivity contribution in [1.29, 1.82) is 0 Å². The lowest BCUT2D eigenvalue weighted by Gasteiger charge is -2.02. The van der Waals surface area contributed by atoms with Gasteiger partial charge in [0.2, 0.25) is 0 Å². The molecule has 0 aliphatic carbocycles. The third-order valence-corrected chi connectivity index (χ3v) is 1.88. The zero-order chi connectivity index (χ0) is 7.98. The summed E-state index contributed by atoms with van der Waals surface area (Å²) in [7, 11) is 0. The summed E-state index contributed by atoms with van der Waals surface area (Å²) >= 11 is 5.76. The Bertz CT molecular complexity index is 104. The molecule has 60 valence electrons. The van der Waals surface area contributed by atoms with Gasteiger partial charge in [-0.25, -0.2) is 0 Å². The van der Waals surface area contributed by atoms with Crippen LogP contribution in [0, 0.1) is 0 Å². The Kier molecular flexibility index (Phi) is 5.40. The van der Waals surface area contributed by atoms with E-state index in [-0.39, 0.29) is 11.8 Å². The first-order valence-electron chi connectivity index (χ1n) is 3.52. The Balaban J connectivity index is 3.11. The molecule has 0 aliphatic rings. The molecule has 0 saturated carbocycles. The van der Waals surface area contributed by atoms with Gasteiger partial charge in [0.15, 0.2) is 0 Å². The van der Waals surface area contributed by atoms with Crippen molar-refractivity contribution in [3.8, 4) is 0 Å². The molecule has 3 heteroatoms. The first kappa shape index (κ1) is 9.76. The number of carbonyl (C=O) groups is 1. The summed E-state index contributed by atoms with van der Waals surface area (Å²) in [4.78, 5) is 10.0. The SMILES string of the molecule is CCC(Cl)CCCC(=O)O. The Morgan fingerprint density at radius 1 is 1.70 bits per heavy atom. The second-order valence-corrected chi connectivity index (χ2v) is 2.91. The van der Waals surface area contributed by atoms with Gasteiger partial charge >= 0.3 is 5.97 Å². The summed E-state index contributed by atoms with van der Waals surface area (Å²) in [6, 6.07) is 0. The van der Waals surface area contributed by atoms with Crippen LogP contribution < -0.4 is 0 Å². The van der Waals surface area contributed by atoms with E-state index in [2.05, 4.69) is 0 Å². The van der Waals surface area contributed by atoms with Gasteiger partial charge in [0.1, 0.15) is 0 Å². The molecule has 0 radical (unpaired) electrons. The molecule has 1 atom stereocenters. The molecule has 0 bridgehead atoms. The van der Waals surface area contributed by atoms with Crippen molar-refractivity contribution in [2.45, 2.75) is 38.0 Å². The molecule has 1 unspecified atom stereocenters. The fraction of sp³-hybridized carbons (Fsp3) is 0.857. The van der Waals surface area contributed by atoms with Gasteiger partial charge in [0, 0.05) is 11.8 Å². The summed E-state index contributed by atoms with van der Waals surface area (Å²) < 4.78 is 0. The van der Waals surface area contributed by atoms with Gasteiger partial charge in [-0.1, -0.05) is 6.92 Å². The van der Waals surface area contributed by atoms with Crippen molar-refractivity contribution >= 4 is 17.6 Å². The number of aliphatic carboxylic acids is 1. The van der Waals surface area contributed by atoms with Crippen molar-refractivity contribution in [3.63, 3.8) is 0 Å². The van der Waals surface area contributed by atoms with E-state index in [1.165, 1.54) is 0 Å². The van der Waals surface area contributed by atoms with E-state index in [1.54, 1.807) is 0 Å². The minimum Gasteiger partial charge on any atom is -0.481 e. The van der Waals surface area contributed by atoms with E-state index in [4.69, 9.17) is 16.7 Å². The number of rotatable bonds is 5. The standard InChI is InChI=1S/C7H13ClO2/c1-2-6(8)4-3-5-7(9)10/h6H,2-5H2,1H3,(H,9,10). The Labute approximate surface area is 66.2 Å². The largest absolute Gasteiger partial charge is 0.481 e. The van der Waals surface area contributed by atoms with Crippen molar-refractivity contribution < 1.29 is 9.90 Å². The van der Waals surface area contributed by atoms with Crippen LogP contribution in [0.15, 0.2) is 0 Å². The molecule has 0 saturated heterocycles. The summed E-state index contributed by atoms with van der Waals surface area (Å²) in [5, 5.41) is 8.41. The van der Waals surface area contributed by atoms with Crippen LogP contribution in [0.4, 0.5) is 0 Å². The van der Waals surface area contributed by atoms with Crippen LogP contribution in [-0.2, 0) is 4.79 Å². The van der Waals surface area contributed by atoms with Crippen LogP contribution in [-0.4, -0.2) is 16.5 Å². The fourth-order valence-corrected chi connectivity index (χ4v) is 0.833. The van der Waals surface area contributed by atoms with Gasteiger partial charge in [0.25, 0.3) is 0 Å². The lowest BCUT2D eigenvalue weighted by Crippen LogP contribution is -1.99. The zero-order valence-corrected chi connectivity index (χ0v) is 6.90. The third-order valence-electron chi connectivity index (χ3n) is 1.35. The van der Waals surface area contributed by atoms with E-state index >= 15 is 0 Å². The number of halogens is 1. The van der Waals surface area contributed by atoms with Crippen LogP contribution >= 0.6 is 11.6 Å². The molecule has 0 fully saturated rings. The topological polar surface area (TPSA) is 37.3 Å². The Morgan fingerprint density at radius 3 is 2.70 bits per heavy atom. The number of alkyl halides is 1. The summed E-state index contributed by atoms with van der Waals surface area (Å²) in [5.41, 5.74) is 0. The van der Waals surface area contributed by atoms with E-state index in [0.717, 1.165) is 12.8 Å². The molecule has 1 N–H and O–H groups in total. The van der Waals surface area contributed by atoms with Gasteiger partial charge < -0.3 is 5.11 Å². The van der Waals surface area contributed by atoms with Gasteiger partial charge in [-0.3, -0.25) is 4.79 Å². The lowest BCUT2D eigenvalue weighted by molar-refractivity contribution is -0.137. The molecule has 0 rings (SSSR count). The molecule has 0 amide bonds. The molecular weight excluding hydrogens is 152 g/mol. The highest BCUT2D eigenvalue weighted by atomic mass is 35.5. The summed E-state index contributed by atoms with van der Waals surface area (Å²) in [6.45, 7) is 2.00. The minimum atomic E-state index is -0.736. The maximum atomic E-state index is 10.0. The van der Waals surface area contributed by atoms with Crippen LogP contribution in [0.3, 0.4) is 0 Å². The number of hydrogen-bond donors (Lipinski definition) is 1. The van der Waals surface area contributed by atoms with Crippen molar-refractivity contribution in [3.05, 3.63) is 0 Å². The molecule has 2 nitrogen and oxygen atoms in total. The van der Waals surface area contributed by atoms with Crippen molar-refractivity contribution in [2.75, 3.05) is 0 Å². The predicted molar refractivity (Wildman–Crippen MR) is 41.4 cm³/mol. The number of carboxylic acid groups (broad SMARTS) is 1. The Hall–Kier alpha value is -0.240. The second-order valence-electron chi connectivity index (χ2n) is 2.29. The quantitative estimate of drug-likeness (QED) is 0.633. The molecule has 0 aliphatic heterocycles. The first-order chi connectivity index (χ1) is 4.66. The van der Waals surface area contributed by atoms with Crippen LogP contribution in [0.1, 0.15) is 32.6 Å². The van der Waals surface area contributed by atoms with Gasteiger partial charge in [0.05, 0.1) is 0 Å². The second kappa shape index (κ2) is 5.54. The highest BCUT2D eigenvalue weighted by Gasteiger charge is 2.02.